The van der Waals surface area contributed by atoms with Gasteiger partial charge < -0.3 is 14.8 Å². The van der Waals surface area contributed by atoms with Gasteiger partial charge in [-0.25, -0.2) is 13.4 Å². The summed E-state index contributed by atoms with van der Waals surface area (Å²) in [6.45, 7) is 3.99. The SMILES string of the molecule is CC1(C)CCc2c(Oc3ccc(S(C)(=O)=O)cc3)cc(C(=O)Nc3cnccn3)cc2O1. The molecule has 1 aliphatic heterocycles. The molecule has 2 heterocycles. The van der Waals surface area contributed by atoms with Crippen molar-refractivity contribution >= 4 is 21.6 Å². The molecule has 1 aliphatic rings. The highest BCUT2D eigenvalue weighted by Crippen LogP contribution is 2.41. The number of hydrogen-bond donors (Lipinski definition) is 1. The Morgan fingerprint density at radius 1 is 1.16 bits per heavy atom. The van der Waals surface area contributed by atoms with Crippen LogP contribution in [0.4, 0.5) is 5.82 Å². The molecule has 1 aromatic heterocycles. The third-order valence-electron chi connectivity index (χ3n) is 5.08. The second-order valence-electron chi connectivity index (χ2n) is 8.20. The Kier molecular flexibility index (Phi) is 5.60. The summed E-state index contributed by atoms with van der Waals surface area (Å²) in [5, 5.41) is 2.71. The fourth-order valence-electron chi connectivity index (χ4n) is 3.39. The third-order valence-corrected chi connectivity index (χ3v) is 6.21. The Hall–Kier alpha value is -3.46. The summed E-state index contributed by atoms with van der Waals surface area (Å²) in [5.41, 5.74) is 0.823. The second kappa shape index (κ2) is 8.23. The molecule has 0 saturated carbocycles. The van der Waals surface area contributed by atoms with Crippen LogP contribution in [0, 0.1) is 0 Å². The average Bonchev–Trinajstić information content (AvgIpc) is 2.73. The van der Waals surface area contributed by atoms with Crippen molar-refractivity contribution in [1.29, 1.82) is 0 Å². The second-order valence-corrected chi connectivity index (χ2v) is 10.2. The van der Waals surface area contributed by atoms with E-state index in [0.29, 0.717) is 35.1 Å². The van der Waals surface area contributed by atoms with Gasteiger partial charge in [0.05, 0.1) is 11.1 Å². The number of fused-ring (bicyclic) bond motifs is 1. The first kappa shape index (κ1) is 21.8. The Balaban J connectivity index is 1.69. The predicted octanol–water partition coefficient (Wildman–Crippen LogP) is 4.03. The van der Waals surface area contributed by atoms with Gasteiger partial charge in [-0.15, -0.1) is 0 Å². The first-order valence-corrected chi connectivity index (χ1v) is 11.9. The largest absolute Gasteiger partial charge is 0.487 e. The maximum Gasteiger partial charge on any atom is 0.257 e. The zero-order valence-corrected chi connectivity index (χ0v) is 18.8. The maximum atomic E-state index is 12.9. The molecular formula is C23H23N3O5S. The van der Waals surface area contributed by atoms with E-state index in [-0.39, 0.29) is 16.4 Å². The Bertz CT molecular complexity index is 1260. The summed E-state index contributed by atoms with van der Waals surface area (Å²) < 4.78 is 35.6. The molecular weight excluding hydrogens is 430 g/mol. The van der Waals surface area contributed by atoms with Gasteiger partial charge in [0.15, 0.2) is 15.7 Å². The number of ether oxygens (including phenoxy) is 2. The van der Waals surface area contributed by atoms with Gasteiger partial charge in [-0.1, -0.05) is 0 Å². The van der Waals surface area contributed by atoms with Crippen LogP contribution in [0.15, 0.2) is 59.9 Å². The highest BCUT2D eigenvalue weighted by molar-refractivity contribution is 7.90. The average molecular weight is 454 g/mol. The molecule has 0 unspecified atom stereocenters. The summed E-state index contributed by atoms with van der Waals surface area (Å²) in [7, 11) is -3.31. The van der Waals surface area contributed by atoms with E-state index in [1.165, 1.54) is 30.7 Å². The van der Waals surface area contributed by atoms with Gasteiger partial charge in [0.1, 0.15) is 22.8 Å². The third kappa shape index (κ3) is 4.88. The number of amides is 1. The molecule has 8 nitrogen and oxygen atoms in total. The summed E-state index contributed by atoms with van der Waals surface area (Å²) in [6, 6.07) is 9.49. The van der Waals surface area contributed by atoms with Crippen LogP contribution in [-0.4, -0.2) is 36.1 Å². The molecule has 1 N–H and O–H groups in total. The highest BCUT2D eigenvalue weighted by Gasteiger charge is 2.30. The van der Waals surface area contributed by atoms with Crippen molar-refractivity contribution in [2.24, 2.45) is 0 Å². The summed E-state index contributed by atoms with van der Waals surface area (Å²) in [4.78, 5) is 21.1. The lowest BCUT2D eigenvalue weighted by Gasteiger charge is -2.33. The number of carbonyl (C=O) groups excluding carboxylic acids is 1. The minimum Gasteiger partial charge on any atom is -0.487 e. The van der Waals surface area contributed by atoms with Crippen LogP contribution in [0.1, 0.15) is 36.2 Å². The van der Waals surface area contributed by atoms with Gasteiger partial charge in [0.2, 0.25) is 0 Å². The van der Waals surface area contributed by atoms with Crippen LogP contribution in [0.25, 0.3) is 0 Å². The van der Waals surface area contributed by atoms with Gasteiger partial charge in [-0.3, -0.25) is 9.78 Å². The van der Waals surface area contributed by atoms with E-state index in [2.05, 4.69) is 15.3 Å². The molecule has 0 radical (unpaired) electrons. The zero-order chi connectivity index (χ0) is 22.9. The number of benzene rings is 2. The molecule has 2 aromatic carbocycles. The molecule has 9 heteroatoms. The molecule has 0 fully saturated rings. The minimum atomic E-state index is -3.31. The van der Waals surface area contributed by atoms with E-state index in [4.69, 9.17) is 9.47 Å². The smallest absolute Gasteiger partial charge is 0.257 e. The Morgan fingerprint density at radius 2 is 1.91 bits per heavy atom. The molecule has 0 saturated heterocycles. The van der Waals surface area contributed by atoms with E-state index in [1.54, 1.807) is 24.3 Å². The quantitative estimate of drug-likeness (QED) is 0.621. The fourth-order valence-corrected chi connectivity index (χ4v) is 4.02. The van der Waals surface area contributed by atoms with Crippen molar-refractivity contribution in [2.45, 2.75) is 37.2 Å². The van der Waals surface area contributed by atoms with Crippen molar-refractivity contribution in [3.05, 3.63) is 66.1 Å². The molecule has 4 rings (SSSR count). The van der Waals surface area contributed by atoms with Crippen molar-refractivity contribution in [3.63, 3.8) is 0 Å². The molecule has 0 spiro atoms. The number of hydrogen-bond acceptors (Lipinski definition) is 7. The fraction of sp³-hybridized carbons (Fsp3) is 0.261. The maximum absolute atomic E-state index is 12.9. The van der Waals surface area contributed by atoms with Gasteiger partial charge in [0.25, 0.3) is 5.91 Å². The van der Waals surface area contributed by atoms with Crippen molar-refractivity contribution in [1.82, 2.24) is 9.97 Å². The lowest BCUT2D eigenvalue weighted by atomic mass is 9.92. The zero-order valence-electron chi connectivity index (χ0n) is 18.0. The molecule has 166 valence electrons. The first-order valence-electron chi connectivity index (χ1n) is 10.0. The van der Waals surface area contributed by atoms with Crippen LogP contribution >= 0.6 is 0 Å². The lowest BCUT2D eigenvalue weighted by Crippen LogP contribution is -2.33. The number of rotatable bonds is 5. The van der Waals surface area contributed by atoms with Crippen LogP contribution in [0.3, 0.4) is 0 Å². The van der Waals surface area contributed by atoms with Crippen LogP contribution < -0.4 is 14.8 Å². The minimum absolute atomic E-state index is 0.203. The van der Waals surface area contributed by atoms with Crippen molar-refractivity contribution in [3.8, 4) is 17.2 Å². The van der Waals surface area contributed by atoms with E-state index < -0.39 is 9.84 Å². The molecule has 32 heavy (non-hydrogen) atoms. The summed E-state index contributed by atoms with van der Waals surface area (Å²) in [5.74, 6) is 1.47. The molecule has 1 amide bonds. The number of nitrogens with zero attached hydrogens (tertiary/aromatic N) is 2. The van der Waals surface area contributed by atoms with Crippen LogP contribution in [0.2, 0.25) is 0 Å². The van der Waals surface area contributed by atoms with E-state index in [9.17, 15) is 13.2 Å². The van der Waals surface area contributed by atoms with Crippen molar-refractivity contribution < 1.29 is 22.7 Å². The number of nitrogens with one attached hydrogen (secondary N) is 1. The Morgan fingerprint density at radius 3 is 2.56 bits per heavy atom. The molecule has 0 atom stereocenters. The molecule has 3 aromatic rings. The number of carbonyl (C=O) groups is 1. The van der Waals surface area contributed by atoms with Gasteiger partial charge in [0, 0.05) is 29.8 Å². The lowest BCUT2D eigenvalue weighted by molar-refractivity contribution is 0.0832. The first-order chi connectivity index (χ1) is 15.1. The van der Waals surface area contributed by atoms with Crippen molar-refractivity contribution in [2.75, 3.05) is 11.6 Å². The number of aromatic nitrogens is 2. The normalized spacial score (nSPS) is 14.7. The topological polar surface area (TPSA) is 107 Å². The summed E-state index contributed by atoms with van der Waals surface area (Å²) in [6.07, 6.45) is 7.11. The van der Waals surface area contributed by atoms with Crippen LogP contribution in [-0.2, 0) is 16.3 Å². The summed E-state index contributed by atoms with van der Waals surface area (Å²) >= 11 is 0. The van der Waals surface area contributed by atoms with E-state index in [0.717, 1.165) is 18.2 Å². The Labute approximate surface area is 186 Å². The highest BCUT2D eigenvalue weighted by atomic mass is 32.2. The van der Waals surface area contributed by atoms with E-state index in [1.807, 2.05) is 13.8 Å². The van der Waals surface area contributed by atoms with Gasteiger partial charge in [-0.05, 0) is 63.1 Å². The van der Waals surface area contributed by atoms with E-state index >= 15 is 0 Å². The predicted molar refractivity (Wildman–Crippen MR) is 119 cm³/mol. The monoisotopic (exact) mass is 453 g/mol. The van der Waals surface area contributed by atoms with Gasteiger partial charge >= 0.3 is 0 Å². The number of anilines is 1. The molecule has 0 bridgehead atoms. The number of sulfone groups is 1. The van der Waals surface area contributed by atoms with Gasteiger partial charge in [-0.2, -0.15) is 0 Å². The molecule has 0 aliphatic carbocycles. The standard InChI is InChI=1S/C23H23N3O5S/c1-23(2)9-8-18-19(30-16-4-6-17(7-5-16)32(3,28)29)12-15(13-20(18)31-23)22(27)26-21-14-24-10-11-25-21/h4-7,10-14H,8-9H2,1-3H3,(H,25,26,27). The van der Waals surface area contributed by atoms with Crippen LogP contribution in [0.5, 0.6) is 17.2 Å².